The van der Waals surface area contributed by atoms with Crippen LogP contribution in [0.1, 0.15) is 5.56 Å². The van der Waals surface area contributed by atoms with Crippen molar-refractivity contribution < 1.29 is 43.7 Å². The number of aryl methyl sites for hydroxylation is 1. The second kappa shape index (κ2) is 6.26. The van der Waals surface area contributed by atoms with Gasteiger partial charge in [0.2, 0.25) is 6.04 Å². The Bertz CT molecular complexity index is 651. The van der Waals surface area contributed by atoms with Gasteiger partial charge in [0.05, 0.1) is 0 Å². The minimum absolute atomic E-state index is 0.444. The quantitative estimate of drug-likeness (QED) is 0.660. The number of halogens is 6. The van der Waals surface area contributed by atoms with E-state index in [4.69, 9.17) is 0 Å². The molecule has 1 N–H and O–H groups in total. The summed E-state index contributed by atoms with van der Waals surface area (Å²) in [5.74, 6) is 0. The standard InChI is InChI=1S/C11H9F6NO4S/c1-6-2-4-7(5-3-6)23(20,21)22-9(19)18-8(10(12,13)14)11(15,16)17/h2-5,8H,1H3,(H,18,19). The predicted octanol–water partition coefficient (Wildman–Crippen LogP) is 2.90. The third kappa shape index (κ3) is 5.30. The van der Waals surface area contributed by atoms with Crippen molar-refractivity contribution in [3.63, 3.8) is 0 Å². The Labute approximate surface area is 126 Å². The lowest BCUT2D eigenvalue weighted by Crippen LogP contribution is -2.54. The van der Waals surface area contributed by atoms with Crippen LogP contribution < -0.4 is 5.32 Å². The number of carbonyl (C=O) groups is 1. The molecule has 0 saturated carbocycles. The lowest BCUT2D eigenvalue weighted by atomic mass is 10.2. The van der Waals surface area contributed by atoms with Crippen LogP contribution in [-0.4, -0.2) is 32.9 Å². The molecule has 1 aromatic rings. The van der Waals surface area contributed by atoms with E-state index >= 15 is 0 Å². The first kappa shape index (κ1) is 19.1. The summed E-state index contributed by atoms with van der Waals surface area (Å²) >= 11 is 0. The van der Waals surface area contributed by atoms with E-state index in [1.807, 2.05) is 0 Å². The average Bonchev–Trinajstić information content (AvgIpc) is 2.33. The smallest absolute Gasteiger partial charge is 0.324 e. The Morgan fingerprint density at radius 2 is 1.48 bits per heavy atom. The molecule has 0 aliphatic rings. The van der Waals surface area contributed by atoms with Crippen molar-refractivity contribution in [2.45, 2.75) is 30.2 Å². The molecule has 0 fully saturated rings. The second-order valence-electron chi connectivity index (χ2n) is 4.30. The fourth-order valence-corrected chi connectivity index (χ4v) is 2.16. The monoisotopic (exact) mass is 365 g/mol. The molecule has 1 rings (SSSR count). The van der Waals surface area contributed by atoms with Crippen LogP contribution in [0.15, 0.2) is 29.2 Å². The van der Waals surface area contributed by atoms with Gasteiger partial charge in [0.25, 0.3) is 0 Å². The maximum Gasteiger partial charge on any atom is 0.423 e. The number of rotatable bonds is 3. The molecule has 0 aliphatic heterocycles. The molecule has 0 radical (unpaired) electrons. The molecule has 1 amide bonds. The van der Waals surface area contributed by atoms with Crippen LogP contribution in [0.2, 0.25) is 0 Å². The summed E-state index contributed by atoms with van der Waals surface area (Å²) in [5, 5.41) is 0.444. The van der Waals surface area contributed by atoms with Gasteiger partial charge >= 0.3 is 28.6 Å². The van der Waals surface area contributed by atoms with Crippen LogP contribution >= 0.6 is 0 Å². The molecule has 0 saturated heterocycles. The van der Waals surface area contributed by atoms with Crippen molar-refractivity contribution in [3.8, 4) is 0 Å². The van der Waals surface area contributed by atoms with Crippen molar-refractivity contribution >= 4 is 16.2 Å². The van der Waals surface area contributed by atoms with Gasteiger partial charge in [-0.2, -0.15) is 34.8 Å². The van der Waals surface area contributed by atoms with Crippen molar-refractivity contribution in [1.29, 1.82) is 0 Å². The molecular weight excluding hydrogens is 356 g/mol. The van der Waals surface area contributed by atoms with Crippen LogP contribution in [0.5, 0.6) is 0 Å². The molecule has 130 valence electrons. The molecule has 12 heteroatoms. The van der Waals surface area contributed by atoms with Crippen LogP contribution in [0.4, 0.5) is 31.1 Å². The van der Waals surface area contributed by atoms with Crippen LogP contribution in [0.3, 0.4) is 0 Å². The van der Waals surface area contributed by atoms with Gasteiger partial charge in [-0.25, -0.2) is 4.79 Å². The lowest BCUT2D eigenvalue weighted by molar-refractivity contribution is -0.255. The normalized spacial score (nSPS) is 13.0. The molecule has 1 aromatic carbocycles. The van der Waals surface area contributed by atoms with E-state index in [0.29, 0.717) is 10.9 Å². The number of alkyl halides is 6. The number of nitrogens with one attached hydrogen (secondary N) is 1. The van der Waals surface area contributed by atoms with Gasteiger partial charge in [-0.1, -0.05) is 17.7 Å². The van der Waals surface area contributed by atoms with E-state index in [9.17, 15) is 39.6 Å². The first-order valence-electron chi connectivity index (χ1n) is 5.68. The highest BCUT2D eigenvalue weighted by Gasteiger charge is 2.58. The van der Waals surface area contributed by atoms with Crippen molar-refractivity contribution in [3.05, 3.63) is 29.8 Å². The summed E-state index contributed by atoms with van der Waals surface area (Å²) in [5.41, 5.74) is 0.627. The third-order valence-electron chi connectivity index (χ3n) is 2.41. The van der Waals surface area contributed by atoms with Crippen molar-refractivity contribution in [1.82, 2.24) is 5.32 Å². The summed E-state index contributed by atoms with van der Waals surface area (Å²) in [4.78, 5) is 10.5. The first-order valence-corrected chi connectivity index (χ1v) is 7.09. The van der Waals surface area contributed by atoms with E-state index in [1.165, 1.54) is 12.1 Å². The SMILES string of the molecule is Cc1ccc(S(=O)(=O)OC(=O)NC(C(F)(F)F)C(F)(F)F)cc1. The molecular formula is C11H9F6NO4S. The summed E-state index contributed by atoms with van der Waals surface area (Å²) < 4.78 is 100. The summed E-state index contributed by atoms with van der Waals surface area (Å²) in [7, 11) is -4.86. The van der Waals surface area contributed by atoms with Crippen LogP contribution in [0, 0.1) is 6.92 Å². The summed E-state index contributed by atoms with van der Waals surface area (Å²) in [6, 6.07) is 0.284. The molecule has 0 heterocycles. The number of hydrogen-bond acceptors (Lipinski definition) is 4. The Morgan fingerprint density at radius 1 is 1.04 bits per heavy atom. The lowest BCUT2D eigenvalue weighted by Gasteiger charge is -2.23. The van der Waals surface area contributed by atoms with Crippen molar-refractivity contribution in [2.24, 2.45) is 0 Å². The predicted molar refractivity (Wildman–Crippen MR) is 63.9 cm³/mol. The topological polar surface area (TPSA) is 72.5 Å². The van der Waals surface area contributed by atoms with Crippen molar-refractivity contribution in [2.75, 3.05) is 0 Å². The zero-order valence-corrected chi connectivity index (χ0v) is 12.0. The molecule has 0 aliphatic carbocycles. The maximum absolute atomic E-state index is 12.2. The van der Waals surface area contributed by atoms with E-state index in [2.05, 4.69) is 4.18 Å². The van der Waals surface area contributed by atoms with Gasteiger partial charge in [0, 0.05) is 0 Å². The summed E-state index contributed by atoms with van der Waals surface area (Å²) in [6.07, 6.45) is -14.1. The molecule has 0 aromatic heterocycles. The van der Waals surface area contributed by atoms with Gasteiger partial charge in [-0.05, 0) is 19.1 Å². The fraction of sp³-hybridized carbons (Fsp3) is 0.364. The highest BCUT2D eigenvalue weighted by molar-refractivity contribution is 7.87. The number of benzene rings is 1. The van der Waals surface area contributed by atoms with Crippen LogP contribution in [-0.2, 0) is 14.3 Å². The molecule has 5 nitrogen and oxygen atoms in total. The Hall–Kier alpha value is -1.98. The minimum atomic E-state index is -5.87. The van der Waals surface area contributed by atoms with E-state index in [-0.39, 0.29) is 0 Å². The van der Waals surface area contributed by atoms with Gasteiger partial charge in [0.1, 0.15) is 4.90 Å². The largest absolute Gasteiger partial charge is 0.423 e. The van der Waals surface area contributed by atoms with Gasteiger partial charge in [0.15, 0.2) is 0 Å². The highest BCUT2D eigenvalue weighted by Crippen LogP contribution is 2.33. The highest BCUT2D eigenvalue weighted by atomic mass is 32.2. The number of carbonyl (C=O) groups excluding carboxylic acids is 1. The van der Waals surface area contributed by atoms with E-state index in [1.54, 1.807) is 6.92 Å². The van der Waals surface area contributed by atoms with E-state index < -0.39 is 39.5 Å². The zero-order chi connectivity index (χ0) is 18.1. The van der Waals surface area contributed by atoms with Gasteiger partial charge in [-0.3, -0.25) is 0 Å². The molecule has 23 heavy (non-hydrogen) atoms. The Morgan fingerprint density at radius 3 is 1.87 bits per heavy atom. The Balaban J connectivity index is 2.92. The molecule has 0 bridgehead atoms. The average molecular weight is 365 g/mol. The van der Waals surface area contributed by atoms with Gasteiger partial charge < -0.3 is 9.50 Å². The third-order valence-corrected chi connectivity index (χ3v) is 3.63. The van der Waals surface area contributed by atoms with Crippen LogP contribution in [0.25, 0.3) is 0 Å². The molecule has 0 atom stereocenters. The summed E-state index contributed by atoms with van der Waals surface area (Å²) in [6.45, 7) is 1.60. The molecule has 0 unspecified atom stereocenters. The van der Waals surface area contributed by atoms with E-state index in [0.717, 1.165) is 12.1 Å². The number of hydrogen-bond donors (Lipinski definition) is 1. The number of amides is 1. The zero-order valence-electron chi connectivity index (χ0n) is 11.2. The maximum atomic E-state index is 12.2. The minimum Gasteiger partial charge on any atom is -0.324 e. The molecule has 0 spiro atoms. The van der Waals surface area contributed by atoms with Gasteiger partial charge in [-0.15, -0.1) is 0 Å². The Kier molecular flexibility index (Phi) is 5.19. The fourth-order valence-electron chi connectivity index (χ4n) is 1.34. The first-order chi connectivity index (χ1) is 10.2. The second-order valence-corrected chi connectivity index (χ2v) is 5.84.